The van der Waals surface area contributed by atoms with Gasteiger partial charge in [0.15, 0.2) is 0 Å². The fourth-order valence-corrected chi connectivity index (χ4v) is 4.92. The van der Waals surface area contributed by atoms with E-state index < -0.39 is 0 Å². The van der Waals surface area contributed by atoms with Crippen molar-refractivity contribution >= 4 is 40.1 Å². The molecule has 0 saturated carbocycles. The zero-order valence-corrected chi connectivity index (χ0v) is 17.8. The Kier molecular flexibility index (Phi) is 5.85. The minimum Gasteiger partial charge on any atom is -0.497 e. The fourth-order valence-electron chi connectivity index (χ4n) is 3.45. The maximum absolute atomic E-state index is 6.18. The molecule has 1 aliphatic rings. The molecule has 0 spiro atoms. The molecule has 0 saturated heterocycles. The van der Waals surface area contributed by atoms with E-state index in [9.17, 15) is 0 Å². The highest BCUT2D eigenvalue weighted by Gasteiger charge is 2.31. The van der Waals surface area contributed by atoms with Crippen LogP contribution in [-0.2, 0) is 6.42 Å². The van der Waals surface area contributed by atoms with Crippen molar-refractivity contribution in [1.29, 1.82) is 0 Å². The number of methoxy groups -OCH3 is 1. The number of thiophene rings is 1. The molecule has 144 valence electrons. The van der Waals surface area contributed by atoms with Gasteiger partial charge in [-0.2, -0.15) is 0 Å². The van der Waals surface area contributed by atoms with Crippen molar-refractivity contribution in [2.45, 2.75) is 12.5 Å². The highest BCUT2D eigenvalue weighted by Crippen LogP contribution is 2.35. The third-order valence-electron chi connectivity index (χ3n) is 4.89. The molecule has 28 heavy (non-hydrogen) atoms. The van der Waals surface area contributed by atoms with Crippen molar-refractivity contribution in [3.63, 3.8) is 0 Å². The molecule has 0 radical (unpaired) electrons. The topological polar surface area (TPSA) is 21.7 Å². The van der Waals surface area contributed by atoms with Crippen molar-refractivity contribution in [2.24, 2.45) is 0 Å². The Morgan fingerprint density at radius 2 is 1.96 bits per heavy atom. The summed E-state index contributed by atoms with van der Waals surface area (Å²) >= 11 is 13.8. The Balaban J connectivity index is 1.57. The average molecular weight is 430 g/mol. The smallest absolute Gasteiger partial charge is 0.119 e. The second-order valence-corrected chi connectivity index (χ2v) is 8.38. The van der Waals surface area contributed by atoms with E-state index in [2.05, 4.69) is 16.3 Å². The molecule has 2 heterocycles. The Morgan fingerprint density at radius 3 is 2.71 bits per heavy atom. The summed E-state index contributed by atoms with van der Waals surface area (Å²) in [6.45, 7) is 1.40. The fraction of sp³-hybridized carbons (Fsp3) is 0.227. The molecule has 0 fully saturated rings. The van der Waals surface area contributed by atoms with Crippen molar-refractivity contribution in [3.8, 4) is 11.5 Å². The first-order valence-corrected chi connectivity index (χ1v) is 10.7. The average Bonchev–Trinajstić information content (AvgIpc) is 3.21. The van der Waals surface area contributed by atoms with Gasteiger partial charge in [0, 0.05) is 22.0 Å². The highest BCUT2D eigenvalue weighted by molar-refractivity contribution is 7.80. The normalized spacial score (nSPS) is 15.8. The third-order valence-corrected chi connectivity index (χ3v) is 6.60. The zero-order valence-electron chi connectivity index (χ0n) is 15.4. The first-order chi connectivity index (χ1) is 13.7. The van der Waals surface area contributed by atoms with Gasteiger partial charge in [0.2, 0.25) is 0 Å². The maximum atomic E-state index is 6.18. The second kappa shape index (κ2) is 8.52. The van der Waals surface area contributed by atoms with Gasteiger partial charge >= 0.3 is 0 Å². The number of nitrogens with zero attached hydrogens (tertiary/aromatic N) is 1. The van der Waals surface area contributed by atoms with E-state index >= 15 is 0 Å². The predicted octanol–water partition coefficient (Wildman–Crippen LogP) is 5.76. The van der Waals surface area contributed by atoms with E-state index in [4.69, 9.17) is 33.3 Å². The Hall–Kier alpha value is -2.08. The van der Waals surface area contributed by atoms with Crippen LogP contribution in [0.15, 0.2) is 60.0 Å². The minimum atomic E-state index is 0.0728. The summed E-state index contributed by atoms with van der Waals surface area (Å²) in [7, 11) is 1.66. The molecule has 1 aromatic heterocycles. The minimum absolute atomic E-state index is 0.0728. The van der Waals surface area contributed by atoms with E-state index in [-0.39, 0.29) is 6.04 Å². The van der Waals surface area contributed by atoms with Gasteiger partial charge in [0.05, 0.1) is 13.2 Å². The molecule has 6 heteroatoms. The number of thiocarbonyl (C=S) groups is 1. The van der Waals surface area contributed by atoms with Crippen LogP contribution in [0.3, 0.4) is 0 Å². The lowest BCUT2D eigenvalue weighted by Crippen LogP contribution is -2.41. The Morgan fingerprint density at radius 1 is 1.18 bits per heavy atom. The quantitative estimate of drug-likeness (QED) is 0.480. The van der Waals surface area contributed by atoms with Crippen molar-refractivity contribution in [2.75, 3.05) is 20.3 Å². The van der Waals surface area contributed by atoms with E-state index in [1.165, 1.54) is 10.4 Å². The Bertz CT molecular complexity index is 971. The van der Waals surface area contributed by atoms with Gasteiger partial charge in [-0.1, -0.05) is 36.0 Å². The second-order valence-electron chi connectivity index (χ2n) is 6.56. The third kappa shape index (κ3) is 4.02. The molecule has 0 aliphatic carbocycles. The number of ether oxygens (including phenoxy) is 2. The lowest BCUT2D eigenvalue weighted by Gasteiger charge is -2.37. The zero-order chi connectivity index (χ0) is 19.5. The summed E-state index contributed by atoms with van der Waals surface area (Å²) in [5.41, 5.74) is 2.27. The van der Waals surface area contributed by atoms with Crippen molar-refractivity contribution in [3.05, 3.63) is 81.0 Å². The molecule has 4 rings (SSSR count). The van der Waals surface area contributed by atoms with Gasteiger partial charge in [-0.05, 0) is 59.8 Å². The number of fused-ring (bicyclic) bond motifs is 1. The van der Waals surface area contributed by atoms with Crippen LogP contribution in [0.2, 0.25) is 5.02 Å². The monoisotopic (exact) mass is 429 g/mol. The van der Waals surface area contributed by atoms with Gasteiger partial charge in [-0.25, -0.2) is 0 Å². The van der Waals surface area contributed by atoms with Crippen LogP contribution in [0, 0.1) is 0 Å². The molecule has 2 aromatic carbocycles. The highest BCUT2D eigenvalue weighted by atomic mass is 35.5. The number of hydrogen-bond donors (Lipinski definition) is 0. The molecule has 0 N–H and O–H groups in total. The van der Waals surface area contributed by atoms with Gasteiger partial charge < -0.3 is 14.4 Å². The molecule has 1 atom stereocenters. The molecule has 1 unspecified atom stereocenters. The van der Waals surface area contributed by atoms with Crippen LogP contribution in [0.5, 0.6) is 11.5 Å². The first kappa shape index (κ1) is 19.2. The van der Waals surface area contributed by atoms with Crippen molar-refractivity contribution in [1.82, 2.24) is 4.90 Å². The number of halogens is 1. The summed E-state index contributed by atoms with van der Waals surface area (Å²) in [5.74, 6) is 1.63. The van der Waals surface area contributed by atoms with Gasteiger partial charge in [0.25, 0.3) is 0 Å². The van der Waals surface area contributed by atoms with Crippen LogP contribution >= 0.6 is 35.2 Å². The van der Waals surface area contributed by atoms with Gasteiger partial charge in [-0.15, -0.1) is 11.3 Å². The van der Waals surface area contributed by atoms with Crippen LogP contribution in [0.4, 0.5) is 0 Å². The summed E-state index contributed by atoms with van der Waals surface area (Å²) < 4.78 is 11.3. The predicted molar refractivity (Wildman–Crippen MR) is 119 cm³/mol. The number of benzene rings is 2. The molecule has 1 aliphatic heterocycles. The summed E-state index contributed by atoms with van der Waals surface area (Å²) in [6.07, 6.45) is 0.993. The van der Waals surface area contributed by atoms with Crippen LogP contribution < -0.4 is 9.47 Å². The first-order valence-electron chi connectivity index (χ1n) is 9.05. The van der Waals surface area contributed by atoms with Crippen molar-refractivity contribution < 1.29 is 9.47 Å². The van der Waals surface area contributed by atoms with E-state index in [1.807, 2.05) is 48.5 Å². The number of rotatable bonds is 5. The molecule has 0 amide bonds. The van der Waals surface area contributed by atoms with Crippen LogP contribution in [0.25, 0.3) is 0 Å². The molecular formula is C22H20ClNO2S2. The molecular weight excluding hydrogens is 410 g/mol. The largest absolute Gasteiger partial charge is 0.497 e. The summed E-state index contributed by atoms with van der Waals surface area (Å²) in [6, 6.07) is 17.7. The van der Waals surface area contributed by atoms with Crippen LogP contribution in [-0.4, -0.2) is 30.1 Å². The van der Waals surface area contributed by atoms with E-state index in [0.29, 0.717) is 11.6 Å². The summed E-state index contributed by atoms with van der Waals surface area (Å²) in [5, 5.41) is 2.84. The SMILES string of the molecule is COc1ccc(OCC2c3ccsc3CCN2C(=S)c2cccc(Cl)c2)cc1. The summed E-state index contributed by atoms with van der Waals surface area (Å²) in [4.78, 5) is 4.48. The van der Waals surface area contributed by atoms with Gasteiger partial charge in [0.1, 0.15) is 23.1 Å². The van der Waals surface area contributed by atoms with E-state index in [1.54, 1.807) is 18.4 Å². The molecule has 3 nitrogen and oxygen atoms in total. The maximum Gasteiger partial charge on any atom is 0.119 e. The van der Waals surface area contributed by atoms with Gasteiger partial charge in [-0.3, -0.25) is 0 Å². The Labute approximate surface area is 179 Å². The lowest BCUT2D eigenvalue weighted by molar-refractivity contribution is 0.192. The molecule has 0 bridgehead atoms. The van der Waals surface area contributed by atoms with E-state index in [0.717, 1.165) is 35.0 Å². The van der Waals surface area contributed by atoms with Crippen LogP contribution in [0.1, 0.15) is 22.0 Å². The standard InChI is InChI=1S/C22H20ClNO2S2/c1-25-17-5-7-18(8-6-17)26-14-20-19-10-12-28-21(19)9-11-24(20)22(27)15-3-2-4-16(23)13-15/h2-8,10,12-13,20H,9,11,14H2,1H3. The lowest BCUT2D eigenvalue weighted by atomic mass is 9.99. The molecule has 3 aromatic rings. The number of hydrogen-bond acceptors (Lipinski definition) is 4.